The number of nitrogens with two attached hydrogens (primary N) is 1. The van der Waals surface area contributed by atoms with Crippen LogP contribution in [0, 0.1) is 11.8 Å². The van der Waals surface area contributed by atoms with Gasteiger partial charge < -0.3 is 52.0 Å². The predicted molar refractivity (Wildman–Crippen MR) is 192 cm³/mol. The minimum absolute atomic E-state index is 0.0412. The molecule has 5 amide bonds. The maximum Gasteiger partial charge on any atom is 0.326 e. The van der Waals surface area contributed by atoms with E-state index in [0.717, 1.165) is 5.56 Å². The van der Waals surface area contributed by atoms with E-state index < -0.39 is 114 Å². The van der Waals surface area contributed by atoms with Crippen molar-refractivity contribution >= 4 is 47.4 Å². The van der Waals surface area contributed by atoms with Gasteiger partial charge in [-0.05, 0) is 23.8 Å². The van der Waals surface area contributed by atoms with Gasteiger partial charge in [-0.15, -0.1) is 0 Å². The third kappa shape index (κ3) is 13.7. The van der Waals surface area contributed by atoms with Crippen molar-refractivity contribution < 1.29 is 58.4 Å². The fourth-order valence-corrected chi connectivity index (χ4v) is 5.85. The number of carbonyl (C=O) groups is 8. The number of rotatable bonds is 22. The van der Waals surface area contributed by atoms with E-state index >= 15 is 0 Å². The van der Waals surface area contributed by atoms with Gasteiger partial charge in [0.05, 0.1) is 31.6 Å². The predicted octanol–water partition coefficient (Wildman–Crippen LogP) is -0.0246. The molecule has 54 heavy (non-hydrogen) atoms. The Morgan fingerprint density at radius 3 is 1.96 bits per heavy atom. The molecule has 300 valence electrons. The zero-order valence-corrected chi connectivity index (χ0v) is 31.3. The molecule has 1 fully saturated rings. The second-order valence-corrected chi connectivity index (χ2v) is 13.8. The standard InChI is InChI=1S/C36H54N6O12/c1-6-11-24(36(52)53)38-33(49)26-14-22(54-18-21-12-9-8-10-13-21)17-42(26)35(51)29(19(3)4)40-34(50)30(20(5)7-2)41-32(48)25(16-28(45)46)39-31(47)23(37)15-27(43)44/h8-10,12-13,19-20,22-26,29-30H,6-7,11,14-18,37H2,1-5H3,(H,38,49)(H,39,47)(H,40,50)(H,41,48)(H,43,44)(H,45,46)(H,52,53)/t20?,22-,23+,24+,25+,26+,29+,30+/m1/s1. The molecule has 0 saturated carbocycles. The summed E-state index contributed by atoms with van der Waals surface area (Å²) in [5, 5.41) is 37.9. The molecule has 2 rings (SSSR count). The first kappa shape index (κ1) is 45.1. The Morgan fingerprint density at radius 2 is 1.43 bits per heavy atom. The molecule has 1 saturated heterocycles. The Kier molecular flexibility index (Phi) is 18.0. The third-order valence-corrected chi connectivity index (χ3v) is 9.14. The number of carbonyl (C=O) groups excluding carboxylic acids is 5. The van der Waals surface area contributed by atoms with Gasteiger partial charge in [0.15, 0.2) is 0 Å². The van der Waals surface area contributed by atoms with Gasteiger partial charge in [0.2, 0.25) is 29.5 Å². The molecule has 1 aliphatic rings. The summed E-state index contributed by atoms with van der Waals surface area (Å²) >= 11 is 0. The van der Waals surface area contributed by atoms with Gasteiger partial charge in [-0.25, -0.2) is 4.79 Å². The molecule has 0 aromatic heterocycles. The number of aliphatic carboxylic acids is 3. The lowest BCUT2D eigenvalue weighted by Gasteiger charge is -2.33. The van der Waals surface area contributed by atoms with Crippen LogP contribution in [0.15, 0.2) is 30.3 Å². The number of ether oxygens (including phenoxy) is 1. The van der Waals surface area contributed by atoms with Gasteiger partial charge >= 0.3 is 17.9 Å². The van der Waals surface area contributed by atoms with Crippen LogP contribution in [0.4, 0.5) is 0 Å². The van der Waals surface area contributed by atoms with E-state index in [0.29, 0.717) is 12.8 Å². The molecule has 18 heteroatoms. The quantitative estimate of drug-likeness (QED) is 0.0772. The van der Waals surface area contributed by atoms with Crippen molar-refractivity contribution in [2.45, 2.75) is 122 Å². The first-order valence-electron chi connectivity index (χ1n) is 18.0. The molecule has 1 aromatic rings. The molecule has 0 aliphatic carbocycles. The van der Waals surface area contributed by atoms with E-state index in [2.05, 4.69) is 21.3 Å². The van der Waals surface area contributed by atoms with Gasteiger partial charge in [0.25, 0.3) is 0 Å². The van der Waals surface area contributed by atoms with Gasteiger partial charge in [0, 0.05) is 13.0 Å². The first-order chi connectivity index (χ1) is 25.4. The summed E-state index contributed by atoms with van der Waals surface area (Å²) < 4.78 is 6.08. The summed E-state index contributed by atoms with van der Waals surface area (Å²) in [6.07, 6.45) is -1.27. The highest BCUT2D eigenvalue weighted by atomic mass is 16.5. The summed E-state index contributed by atoms with van der Waals surface area (Å²) in [5.74, 6) is -9.51. The summed E-state index contributed by atoms with van der Waals surface area (Å²) in [7, 11) is 0. The maximum absolute atomic E-state index is 14.3. The fraction of sp³-hybridized carbons (Fsp3) is 0.611. The van der Waals surface area contributed by atoms with Crippen molar-refractivity contribution in [1.29, 1.82) is 0 Å². The molecule has 1 aromatic carbocycles. The highest BCUT2D eigenvalue weighted by Gasteiger charge is 2.44. The molecule has 1 heterocycles. The Labute approximate surface area is 313 Å². The topological polar surface area (TPSA) is 284 Å². The summed E-state index contributed by atoms with van der Waals surface area (Å²) in [5.41, 5.74) is 6.44. The number of nitrogens with zero attached hydrogens (tertiary/aromatic N) is 1. The molecule has 1 aliphatic heterocycles. The van der Waals surface area contributed by atoms with Gasteiger partial charge in [0.1, 0.15) is 30.2 Å². The Morgan fingerprint density at radius 1 is 0.815 bits per heavy atom. The van der Waals surface area contributed by atoms with Crippen LogP contribution >= 0.6 is 0 Å². The Bertz CT molecular complexity index is 1490. The average molecular weight is 763 g/mol. The summed E-state index contributed by atoms with van der Waals surface area (Å²) in [6.45, 7) is 8.60. The van der Waals surface area contributed by atoms with Crippen molar-refractivity contribution in [3.63, 3.8) is 0 Å². The first-order valence-corrected chi connectivity index (χ1v) is 18.0. The van der Waals surface area contributed by atoms with Crippen molar-refractivity contribution in [3.8, 4) is 0 Å². The largest absolute Gasteiger partial charge is 0.481 e. The van der Waals surface area contributed by atoms with E-state index in [9.17, 15) is 48.6 Å². The highest BCUT2D eigenvalue weighted by molar-refractivity contribution is 5.98. The number of nitrogens with one attached hydrogen (secondary N) is 4. The van der Waals surface area contributed by atoms with Crippen LogP contribution in [-0.4, -0.2) is 117 Å². The van der Waals surface area contributed by atoms with E-state index in [1.807, 2.05) is 30.3 Å². The Hall–Kier alpha value is -5.10. The highest BCUT2D eigenvalue weighted by Crippen LogP contribution is 2.25. The van der Waals surface area contributed by atoms with Gasteiger partial charge in [-0.3, -0.25) is 33.6 Å². The normalized spacial score (nSPS) is 18.7. The summed E-state index contributed by atoms with van der Waals surface area (Å²) in [4.78, 5) is 103. The van der Waals surface area contributed by atoms with Crippen LogP contribution in [-0.2, 0) is 49.7 Å². The maximum atomic E-state index is 14.3. The van der Waals surface area contributed by atoms with Gasteiger partial charge in [-0.2, -0.15) is 0 Å². The third-order valence-electron chi connectivity index (χ3n) is 9.14. The van der Waals surface area contributed by atoms with E-state index in [-0.39, 0.29) is 26.0 Å². The van der Waals surface area contributed by atoms with Crippen molar-refractivity contribution in [2.75, 3.05) is 6.54 Å². The number of carboxylic acids is 3. The van der Waals surface area contributed by atoms with E-state index in [1.165, 1.54) is 4.90 Å². The lowest BCUT2D eigenvalue weighted by molar-refractivity contribution is -0.146. The van der Waals surface area contributed by atoms with E-state index in [4.69, 9.17) is 15.6 Å². The minimum atomic E-state index is -1.73. The second kappa shape index (κ2) is 21.6. The summed E-state index contributed by atoms with van der Waals surface area (Å²) in [6, 6.07) is 1.03. The number of amides is 5. The number of likely N-dealkylation sites (tertiary alicyclic amines) is 1. The minimum Gasteiger partial charge on any atom is -0.481 e. The SMILES string of the molecule is CCC[C@H](NC(=O)[C@@H]1C[C@@H](OCc2ccccc2)CN1C(=O)[C@@H](NC(=O)[C@@H](NC(=O)[C@H](CC(=O)O)NC(=O)[C@@H](N)CC(=O)O)C(C)CC)C(C)C)C(=O)O. The van der Waals surface area contributed by atoms with Crippen LogP contribution in [0.1, 0.15) is 78.7 Å². The molecular formula is C36H54N6O12. The average Bonchev–Trinajstić information content (AvgIpc) is 3.55. The second-order valence-electron chi connectivity index (χ2n) is 13.8. The zero-order valence-electron chi connectivity index (χ0n) is 31.3. The lowest BCUT2D eigenvalue weighted by Crippen LogP contribution is -2.61. The van der Waals surface area contributed by atoms with Crippen LogP contribution < -0.4 is 27.0 Å². The van der Waals surface area contributed by atoms with Crippen LogP contribution in [0.5, 0.6) is 0 Å². The van der Waals surface area contributed by atoms with Crippen molar-refractivity contribution in [3.05, 3.63) is 35.9 Å². The molecule has 18 nitrogen and oxygen atoms in total. The van der Waals surface area contributed by atoms with Crippen LogP contribution in [0.2, 0.25) is 0 Å². The van der Waals surface area contributed by atoms with E-state index in [1.54, 1.807) is 34.6 Å². The van der Waals surface area contributed by atoms with Crippen molar-refractivity contribution in [2.24, 2.45) is 17.6 Å². The number of hydrogen-bond donors (Lipinski definition) is 8. The van der Waals surface area contributed by atoms with Crippen LogP contribution in [0.3, 0.4) is 0 Å². The van der Waals surface area contributed by atoms with Crippen LogP contribution in [0.25, 0.3) is 0 Å². The molecule has 1 unspecified atom stereocenters. The zero-order chi connectivity index (χ0) is 40.7. The smallest absolute Gasteiger partial charge is 0.326 e. The molecule has 0 spiro atoms. The van der Waals surface area contributed by atoms with Gasteiger partial charge in [-0.1, -0.05) is 77.8 Å². The Balaban J connectivity index is 2.35. The lowest BCUT2D eigenvalue weighted by atomic mass is 9.95. The monoisotopic (exact) mass is 762 g/mol. The number of benzene rings is 1. The van der Waals surface area contributed by atoms with Crippen molar-refractivity contribution in [1.82, 2.24) is 26.2 Å². The molecule has 0 bridgehead atoms. The number of carboxylic acid groups (broad SMARTS) is 3. The molecular weight excluding hydrogens is 708 g/mol. The number of hydrogen-bond acceptors (Lipinski definition) is 10. The fourth-order valence-electron chi connectivity index (χ4n) is 5.85. The molecule has 9 N–H and O–H groups in total. The molecule has 0 radical (unpaired) electrons. The molecule has 8 atom stereocenters.